The van der Waals surface area contributed by atoms with Gasteiger partial charge in [0.15, 0.2) is 12.1 Å². The van der Waals surface area contributed by atoms with Gasteiger partial charge in [0.25, 0.3) is 0 Å². The molecule has 1 amide bonds. The van der Waals surface area contributed by atoms with Crippen LogP contribution in [0.3, 0.4) is 0 Å². The Bertz CT molecular complexity index is 518. The molecule has 1 fully saturated rings. The molecule has 0 aliphatic carbocycles. The number of esters is 1. The zero-order valence-electron chi connectivity index (χ0n) is 12.4. The van der Waals surface area contributed by atoms with Crippen LogP contribution in [0, 0.1) is 0 Å². The quantitative estimate of drug-likeness (QED) is 0.774. The van der Waals surface area contributed by atoms with Crippen molar-refractivity contribution in [2.45, 2.75) is 37.9 Å². The summed E-state index contributed by atoms with van der Waals surface area (Å²) < 4.78 is 15.2. The molecule has 7 heteroatoms. The fourth-order valence-corrected chi connectivity index (χ4v) is 2.27. The van der Waals surface area contributed by atoms with Crippen LogP contribution in [0.15, 0.2) is 30.3 Å². The average Bonchev–Trinajstić information content (AvgIpc) is 2.83. The van der Waals surface area contributed by atoms with E-state index in [1.165, 1.54) is 14.0 Å². The number of methoxy groups -OCH3 is 1. The molecule has 0 bridgehead atoms. The van der Waals surface area contributed by atoms with Crippen LogP contribution >= 0.6 is 0 Å². The summed E-state index contributed by atoms with van der Waals surface area (Å²) in [6.45, 7) is 1.58. The Kier molecular flexibility index (Phi) is 5.35. The van der Waals surface area contributed by atoms with Crippen LogP contribution in [0.2, 0.25) is 0 Å². The van der Waals surface area contributed by atoms with Crippen LogP contribution in [-0.2, 0) is 25.6 Å². The van der Waals surface area contributed by atoms with Crippen molar-refractivity contribution in [2.75, 3.05) is 7.11 Å². The number of carbonyl (C=O) groups is 2. The van der Waals surface area contributed by atoms with E-state index in [0.717, 1.165) is 5.56 Å². The fraction of sp³-hybridized carbons (Fsp3) is 0.467. The molecule has 0 aromatic heterocycles. The highest BCUT2D eigenvalue weighted by Gasteiger charge is 2.48. The van der Waals surface area contributed by atoms with Crippen molar-refractivity contribution in [1.29, 1.82) is 0 Å². The first-order valence-corrected chi connectivity index (χ1v) is 6.91. The highest BCUT2D eigenvalue weighted by molar-refractivity contribution is 5.84. The Hall–Kier alpha value is -2.12. The van der Waals surface area contributed by atoms with Gasteiger partial charge in [0.05, 0.1) is 6.10 Å². The predicted molar refractivity (Wildman–Crippen MR) is 75.9 cm³/mol. The highest BCUT2D eigenvalue weighted by atomic mass is 16.6. The third-order valence-corrected chi connectivity index (χ3v) is 3.39. The van der Waals surface area contributed by atoms with Crippen LogP contribution in [-0.4, -0.2) is 48.6 Å². The van der Waals surface area contributed by atoms with Crippen molar-refractivity contribution >= 4 is 12.1 Å². The fourth-order valence-electron chi connectivity index (χ4n) is 2.27. The Morgan fingerprint density at radius 1 is 1.41 bits per heavy atom. The van der Waals surface area contributed by atoms with Crippen LogP contribution in [0.4, 0.5) is 4.79 Å². The first-order chi connectivity index (χ1) is 10.5. The molecule has 0 spiro atoms. The van der Waals surface area contributed by atoms with Gasteiger partial charge in [-0.05, 0) is 12.5 Å². The van der Waals surface area contributed by atoms with Crippen LogP contribution in [0.25, 0.3) is 0 Å². The minimum atomic E-state index is -1.01. The van der Waals surface area contributed by atoms with Gasteiger partial charge in [0.1, 0.15) is 12.7 Å². The second-order valence-electron chi connectivity index (χ2n) is 5.03. The monoisotopic (exact) mass is 309 g/mol. The second-order valence-corrected chi connectivity index (χ2v) is 5.03. The number of carbonyl (C=O) groups excluding carboxylic acids is 2. The number of aliphatic hydroxyl groups excluding tert-OH is 1. The van der Waals surface area contributed by atoms with Gasteiger partial charge in [-0.15, -0.1) is 0 Å². The SMILES string of the molecule is CO[C@H]1[C@H]([C@@H](C)O)OC(=O)[C@@H]1NC(=O)OCc1ccccc1. The van der Waals surface area contributed by atoms with Crippen molar-refractivity contribution in [3.8, 4) is 0 Å². The number of alkyl carbamates (subject to hydrolysis) is 1. The van der Waals surface area contributed by atoms with E-state index in [2.05, 4.69) is 5.32 Å². The number of amides is 1. The van der Waals surface area contributed by atoms with Gasteiger partial charge in [0, 0.05) is 7.11 Å². The number of cyclic esters (lactones) is 1. The maximum atomic E-state index is 11.8. The van der Waals surface area contributed by atoms with Gasteiger partial charge >= 0.3 is 12.1 Å². The Labute approximate surface area is 128 Å². The normalized spacial score (nSPS) is 25.4. The van der Waals surface area contributed by atoms with Crippen LogP contribution < -0.4 is 5.32 Å². The largest absolute Gasteiger partial charge is 0.455 e. The summed E-state index contributed by atoms with van der Waals surface area (Å²) >= 11 is 0. The topological polar surface area (TPSA) is 94.1 Å². The number of hydrogen-bond acceptors (Lipinski definition) is 6. The number of hydrogen-bond donors (Lipinski definition) is 2. The van der Waals surface area contributed by atoms with E-state index in [-0.39, 0.29) is 6.61 Å². The maximum absolute atomic E-state index is 11.8. The molecule has 120 valence electrons. The lowest BCUT2D eigenvalue weighted by molar-refractivity contribution is -0.147. The van der Waals surface area contributed by atoms with E-state index in [0.29, 0.717) is 0 Å². The van der Waals surface area contributed by atoms with Gasteiger partial charge in [0.2, 0.25) is 0 Å². The molecule has 1 aliphatic heterocycles. The number of aliphatic hydroxyl groups is 1. The molecule has 4 atom stereocenters. The molecule has 2 N–H and O–H groups in total. The Balaban J connectivity index is 1.91. The summed E-state index contributed by atoms with van der Waals surface area (Å²) in [6, 6.07) is 8.15. The molecule has 22 heavy (non-hydrogen) atoms. The zero-order valence-corrected chi connectivity index (χ0v) is 12.4. The summed E-state index contributed by atoms with van der Waals surface area (Å²) in [7, 11) is 1.38. The smallest absolute Gasteiger partial charge is 0.408 e. The molecule has 1 heterocycles. The minimum absolute atomic E-state index is 0.0892. The lowest BCUT2D eigenvalue weighted by Gasteiger charge is -2.21. The summed E-state index contributed by atoms with van der Waals surface area (Å²) in [5, 5.41) is 12.0. The van der Waals surface area contributed by atoms with Gasteiger partial charge < -0.3 is 24.6 Å². The Morgan fingerprint density at radius 3 is 2.68 bits per heavy atom. The van der Waals surface area contributed by atoms with E-state index < -0.39 is 36.4 Å². The summed E-state index contributed by atoms with van der Waals surface area (Å²) in [6.07, 6.45) is -3.24. The van der Waals surface area contributed by atoms with Gasteiger partial charge in [-0.25, -0.2) is 9.59 Å². The molecule has 7 nitrogen and oxygen atoms in total. The number of benzene rings is 1. The van der Waals surface area contributed by atoms with Crippen molar-refractivity contribution in [1.82, 2.24) is 5.32 Å². The average molecular weight is 309 g/mol. The molecule has 0 radical (unpaired) electrons. The summed E-state index contributed by atoms with van der Waals surface area (Å²) in [5.41, 5.74) is 0.830. The van der Waals surface area contributed by atoms with Crippen LogP contribution in [0.1, 0.15) is 12.5 Å². The van der Waals surface area contributed by atoms with Crippen molar-refractivity contribution < 1.29 is 28.9 Å². The Morgan fingerprint density at radius 2 is 2.09 bits per heavy atom. The second kappa shape index (κ2) is 7.24. The van der Waals surface area contributed by atoms with E-state index >= 15 is 0 Å². The minimum Gasteiger partial charge on any atom is -0.455 e. The molecule has 1 aromatic carbocycles. The van der Waals surface area contributed by atoms with Crippen molar-refractivity contribution in [3.63, 3.8) is 0 Å². The standard InChI is InChI=1S/C15H19NO6/c1-9(17)12-13(20-2)11(14(18)22-12)16-15(19)21-8-10-6-4-3-5-7-10/h3-7,9,11-13,17H,8H2,1-2H3,(H,16,19)/t9-,11-,12+,13-/m1/s1. The summed E-state index contributed by atoms with van der Waals surface area (Å²) in [4.78, 5) is 23.6. The summed E-state index contributed by atoms with van der Waals surface area (Å²) in [5.74, 6) is -0.658. The van der Waals surface area contributed by atoms with E-state index in [1.54, 1.807) is 0 Å². The molecule has 0 saturated carbocycles. The first-order valence-electron chi connectivity index (χ1n) is 6.91. The number of rotatable bonds is 5. The molecular weight excluding hydrogens is 290 g/mol. The van der Waals surface area contributed by atoms with Gasteiger partial charge in [-0.3, -0.25) is 0 Å². The molecule has 1 aliphatic rings. The molecule has 0 unspecified atom stereocenters. The highest BCUT2D eigenvalue weighted by Crippen LogP contribution is 2.21. The van der Waals surface area contributed by atoms with E-state index in [9.17, 15) is 14.7 Å². The lowest BCUT2D eigenvalue weighted by Crippen LogP contribution is -2.48. The zero-order chi connectivity index (χ0) is 16.1. The van der Waals surface area contributed by atoms with E-state index in [1.807, 2.05) is 30.3 Å². The maximum Gasteiger partial charge on any atom is 0.408 e. The van der Waals surface area contributed by atoms with Gasteiger partial charge in [-0.1, -0.05) is 30.3 Å². The van der Waals surface area contributed by atoms with Crippen LogP contribution in [0.5, 0.6) is 0 Å². The first kappa shape index (κ1) is 16.3. The van der Waals surface area contributed by atoms with Gasteiger partial charge in [-0.2, -0.15) is 0 Å². The lowest BCUT2D eigenvalue weighted by atomic mass is 10.1. The third-order valence-electron chi connectivity index (χ3n) is 3.39. The molecule has 1 aromatic rings. The number of nitrogens with one attached hydrogen (secondary N) is 1. The van der Waals surface area contributed by atoms with Crippen molar-refractivity contribution in [2.24, 2.45) is 0 Å². The third kappa shape index (κ3) is 3.75. The van der Waals surface area contributed by atoms with Crippen molar-refractivity contribution in [3.05, 3.63) is 35.9 Å². The molecule has 2 rings (SSSR count). The molecule has 1 saturated heterocycles. The molecular formula is C15H19NO6. The van der Waals surface area contributed by atoms with E-state index in [4.69, 9.17) is 14.2 Å². The predicted octanol–water partition coefficient (Wildman–Crippen LogP) is 0.603. The number of ether oxygens (including phenoxy) is 3.